The van der Waals surface area contributed by atoms with E-state index < -0.39 is 11.8 Å². The van der Waals surface area contributed by atoms with E-state index in [0.717, 1.165) is 34.1 Å². The van der Waals surface area contributed by atoms with Crippen molar-refractivity contribution < 1.29 is 33.6 Å². The number of aromatic nitrogens is 2. The first-order chi connectivity index (χ1) is 18.4. The van der Waals surface area contributed by atoms with E-state index in [0.29, 0.717) is 52.5 Å². The summed E-state index contributed by atoms with van der Waals surface area (Å²) in [7, 11) is 4.60. The zero-order valence-corrected chi connectivity index (χ0v) is 21.8. The first-order valence-corrected chi connectivity index (χ1v) is 12.6. The van der Waals surface area contributed by atoms with Crippen LogP contribution in [0.4, 0.5) is 0 Å². The van der Waals surface area contributed by atoms with Crippen molar-refractivity contribution in [1.29, 1.82) is 0 Å². The number of nitrogens with zero attached hydrogens (tertiary/aromatic N) is 2. The monoisotopic (exact) mass is 532 g/mol. The van der Waals surface area contributed by atoms with Crippen LogP contribution in [0.15, 0.2) is 54.1 Å². The van der Waals surface area contributed by atoms with Gasteiger partial charge in [-0.05, 0) is 59.2 Å². The Labute approximate surface area is 222 Å². The molecule has 38 heavy (non-hydrogen) atoms. The van der Waals surface area contributed by atoms with E-state index in [4.69, 9.17) is 23.7 Å². The molecule has 0 aliphatic carbocycles. The molecular weight excluding hydrogens is 508 g/mol. The average molecular weight is 533 g/mol. The van der Waals surface area contributed by atoms with Crippen LogP contribution in [0.25, 0.3) is 16.6 Å². The summed E-state index contributed by atoms with van der Waals surface area (Å²) in [6.45, 7) is 0.568. The summed E-state index contributed by atoms with van der Waals surface area (Å²) < 4.78 is 36.5. The summed E-state index contributed by atoms with van der Waals surface area (Å²) in [4.78, 5) is 13.5. The molecule has 0 saturated carbocycles. The highest BCUT2D eigenvalue weighted by Gasteiger charge is 2.48. The summed E-state index contributed by atoms with van der Waals surface area (Å²) >= 11 is 1.09. The third kappa shape index (κ3) is 3.84. The predicted molar refractivity (Wildman–Crippen MR) is 140 cm³/mol. The van der Waals surface area contributed by atoms with Crippen LogP contribution in [0.2, 0.25) is 0 Å². The lowest BCUT2D eigenvalue weighted by molar-refractivity contribution is -0.185. The second-order valence-corrected chi connectivity index (χ2v) is 9.51. The van der Waals surface area contributed by atoms with Crippen molar-refractivity contribution in [2.24, 2.45) is 0 Å². The third-order valence-electron chi connectivity index (χ3n) is 6.88. The Bertz CT molecular complexity index is 1590. The second-order valence-electron chi connectivity index (χ2n) is 8.99. The lowest BCUT2D eigenvalue weighted by atomic mass is 9.87. The lowest BCUT2D eigenvalue weighted by Crippen LogP contribution is -2.30. The van der Waals surface area contributed by atoms with Gasteiger partial charge in [0.15, 0.2) is 11.5 Å². The van der Waals surface area contributed by atoms with E-state index in [1.54, 1.807) is 42.5 Å². The Morgan fingerprint density at radius 1 is 0.974 bits per heavy atom. The molecule has 10 heteroatoms. The quantitative estimate of drug-likeness (QED) is 0.353. The number of carbonyl (C=O) groups is 1. The molecular formula is C28H24N2O7S. The Hall–Kier alpha value is -4.15. The zero-order chi connectivity index (χ0) is 26.4. The number of esters is 1. The standard InChI is InChI=1S/C28H24N2O7S/c1-33-23-11-15(12-24(34-2)26(23)35-3)10-19-25(17-4-6-20-21(14-17)30-38-29-20)27(31)37-28(19,32)18-5-7-22-16(13-18)8-9-36-22/h4-7,11-14,32H,8-10H2,1-3H3. The molecule has 4 aromatic rings. The van der Waals surface area contributed by atoms with Crippen LogP contribution in [0.3, 0.4) is 0 Å². The van der Waals surface area contributed by atoms with E-state index in [9.17, 15) is 9.90 Å². The van der Waals surface area contributed by atoms with Crippen molar-refractivity contribution in [3.05, 3.63) is 76.4 Å². The van der Waals surface area contributed by atoms with Gasteiger partial charge in [0, 0.05) is 24.0 Å². The molecule has 0 bridgehead atoms. The third-order valence-corrected chi connectivity index (χ3v) is 7.44. The maximum absolute atomic E-state index is 13.5. The van der Waals surface area contributed by atoms with Crippen molar-refractivity contribution in [2.45, 2.75) is 18.6 Å². The molecule has 0 radical (unpaired) electrons. The molecule has 3 heterocycles. The Morgan fingerprint density at radius 2 is 1.74 bits per heavy atom. The number of rotatable bonds is 7. The van der Waals surface area contributed by atoms with Gasteiger partial charge < -0.3 is 28.8 Å². The average Bonchev–Trinajstić information content (AvgIpc) is 3.65. The highest BCUT2D eigenvalue weighted by molar-refractivity contribution is 7.00. The van der Waals surface area contributed by atoms with Crippen molar-refractivity contribution >= 4 is 34.3 Å². The molecule has 3 aromatic carbocycles. The second kappa shape index (κ2) is 9.30. The van der Waals surface area contributed by atoms with Gasteiger partial charge in [-0.2, -0.15) is 8.75 Å². The van der Waals surface area contributed by atoms with E-state index in [1.807, 2.05) is 6.07 Å². The molecule has 194 valence electrons. The number of aliphatic hydroxyl groups is 1. The van der Waals surface area contributed by atoms with Crippen molar-refractivity contribution in [3.8, 4) is 23.0 Å². The van der Waals surface area contributed by atoms with Crippen LogP contribution in [-0.2, 0) is 28.2 Å². The largest absolute Gasteiger partial charge is 0.493 e. The van der Waals surface area contributed by atoms with Gasteiger partial charge in [0.2, 0.25) is 5.75 Å². The normalized spacial score (nSPS) is 18.4. The van der Waals surface area contributed by atoms with Gasteiger partial charge in [-0.25, -0.2) is 4.79 Å². The topological polar surface area (TPSA) is 109 Å². The van der Waals surface area contributed by atoms with Crippen molar-refractivity contribution in [1.82, 2.24) is 8.75 Å². The maximum Gasteiger partial charge on any atom is 0.342 e. The number of cyclic esters (lactones) is 1. The molecule has 2 aliphatic rings. The van der Waals surface area contributed by atoms with Gasteiger partial charge in [0.05, 0.1) is 45.2 Å². The van der Waals surface area contributed by atoms with Crippen LogP contribution in [0, 0.1) is 0 Å². The first-order valence-electron chi connectivity index (χ1n) is 11.9. The number of carbonyl (C=O) groups excluding carboxylic acids is 1. The molecule has 1 unspecified atom stereocenters. The highest BCUT2D eigenvalue weighted by Crippen LogP contribution is 2.47. The first kappa shape index (κ1) is 24.2. The molecule has 0 spiro atoms. The number of ether oxygens (including phenoxy) is 5. The Morgan fingerprint density at radius 3 is 2.47 bits per heavy atom. The van der Waals surface area contributed by atoms with E-state index in [1.165, 1.54) is 21.3 Å². The van der Waals surface area contributed by atoms with Crippen LogP contribution in [-0.4, -0.2) is 47.8 Å². The Balaban J connectivity index is 1.54. The molecule has 0 fully saturated rings. The van der Waals surface area contributed by atoms with Gasteiger partial charge in [-0.15, -0.1) is 0 Å². The van der Waals surface area contributed by atoms with Gasteiger partial charge in [0.1, 0.15) is 16.8 Å². The number of hydrogen-bond donors (Lipinski definition) is 1. The fraction of sp³-hybridized carbons (Fsp3) is 0.250. The minimum absolute atomic E-state index is 0.162. The molecule has 1 N–H and O–H groups in total. The van der Waals surface area contributed by atoms with Crippen LogP contribution < -0.4 is 18.9 Å². The minimum Gasteiger partial charge on any atom is -0.493 e. The highest BCUT2D eigenvalue weighted by atomic mass is 32.1. The number of methoxy groups -OCH3 is 3. The van der Waals surface area contributed by atoms with Crippen LogP contribution >= 0.6 is 11.7 Å². The molecule has 1 atom stereocenters. The van der Waals surface area contributed by atoms with Crippen molar-refractivity contribution in [2.75, 3.05) is 27.9 Å². The fourth-order valence-corrected chi connectivity index (χ4v) is 5.57. The molecule has 0 saturated heterocycles. The smallest absolute Gasteiger partial charge is 0.342 e. The van der Waals surface area contributed by atoms with E-state index in [-0.39, 0.29) is 12.0 Å². The number of fused-ring (bicyclic) bond motifs is 2. The van der Waals surface area contributed by atoms with Crippen LogP contribution in [0.5, 0.6) is 23.0 Å². The van der Waals surface area contributed by atoms with Crippen LogP contribution in [0.1, 0.15) is 22.3 Å². The predicted octanol–water partition coefficient (Wildman–Crippen LogP) is 4.05. The summed E-state index contributed by atoms with van der Waals surface area (Å²) in [5.74, 6) is -0.501. The van der Waals surface area contributed by atoms with Gasteiger partial charge >= 0.3 is 5.97 Å². The number of benzene rings is 3. The molecule has 1 aromatic heterocycles. The fourth-order valence-electron chi connectivity index (χ4n) is 5.05. The summed E-state index contributed by atoms with van der Waals surface area (Å²) in [6.07, 6.45) is 0.870. The Kier molecular flexibility index (Phi) is 5.93. The van der Waals surface area contributed by atoms with Gasteiger partial charge in [-0.1, -0.05) is 6.07 Å². The van der Waals surface area contributed by atoms with Gasteiger partial charge in [0.25, 0.3) is 5.79 Å². The zero-order valence-electron chi connectivity index (χ0n) is 20.9. The lowest BCUT2D eigenvalue weighted by Gasteiger charge is -2.26. The van der Waals surface area contributed by atoms with E-state index in [2.05, 4.69) is 8.75 Å². The molecule has 2 aliphatic heterocycles. The minimum atomic E-state index is -2.00. The maximum atomic E-state index is 13.5. The molecule has 0 amide bonds. The summed E-state index contributed by atoms with van der Waals surface area (Å²) in [6, 6.07) is 14.3. The van der Waals surface area contributed by atoms with Gasteiger partial charge in [-0.3, -0.25) is 0 Å². The number of hydrogen-bond acceptors (Lipinski definition) is 10. The van der Waals surface area contributed by atoms with Crippen molar-refractivity contribution in [3.63, 3.8) is 0 Å². The van der Waals surface area contributed by atoms with E-state index >= 15 is 0 Å². The SMILES string of the molecule is COc1cc(CC2=C(c3ccc4nsnc4c3)C(=O)OC2(O)c2ccc3c(c2)CCO3)cc(OC)c1OC. The summed E-state index contributed by atoms with van der Waals surface area (Å²) in [5, 5.41) is 12.1. The molecule has 6 rings (SSSR count). The molecule has 9 nitrogen and oxygen atoms in total. The summed E-state index contributed by atoms with van der Waals surface area (Å²) in [5.41, 5.74) is 4.75.